The van der Waals surface area contributed by atoms with E-state index in [0.717, 1.165) is 19.3 Å². The maximum absolute atomic E-state index is 10.5. The molecule has 0 aliphatic heterocycles. The van der Waals surface area contributed by atoms with E-state index < -0.39 is 5.97 Å². The van der Waals surface area contributed by atoms with E-state index in [4.69, 9.17) is 5.11 Å². The quantitative estimate of drug-likeness (QED) is 0.752. The second-order valence-corrected chi connectivity index (χ2v) is 6.96. The van der Waals surface area contributed by atoms with Crippen molar-refractivity contribution in [2.75, 3.05) is 0 Å². The summed E-state index contributed by atoms with van der Waals surface area (Å²) < 4.78 is 0. The van der Waals surface area contributed by atoms with Gasteiger partial charge < -0.3 is 5.11 Å². The van der Waals surface area contributed by atoms with Crippen LogP contribution in [0, 0.1) is 5.41 Å². The molecule has 102 valence electrons. The van der Waals surface area contributed by atoms with Gasteiger partial charge >= 0.3 is 5.97 Å². The van der Waals surface area contributed by atoms with Crippen LogP contribution in [0.2, 0.25) is 0 Å². The second-order valence-electron chi connectivity index (χ2n) is 5.71. The van der Waals surface area contributed by atoms with Crippen LogP contribution in [-0.4, -0.2) is 11.1 Å². The van der Waals surface area contributed by atoms with Crippen LogP contribution in [0.5, 0.6) is 0 Å². The zero-order valence-electron chi connectivity index (χ0n) is 11.7. The Morgan fingerprint density at radius 3 is 2.61 bits per heavy atom. The number of rotatable bonds is 8. The average Bonchev–Trinajstić information content (AvgIpc) is 2.64. The van der Waals surface area contributed by atoms with Crippen molar-refractivity contribution >= 4 is 17.3 Å². The normalized spacial score (nSPS) is 11.7. The first-order chi connectivity index (χ1) is 8.43. The molecule has 3 heteroatoms. The predicted molar refractivity (Wildman–Crippen MR) is 77.3 cm³/mol. The lowest BCUT2D eigenvalue weighted by Crippen LogP contribution is -2.13. The molecule has 0 unspecified atom stereocenters. The Morgan fingerprint density at radius 2 is 2.00 bits per heavy atom. The molecule has 18 heavy (non-hydrogen) atoms. The third kappa shape index (κ3) is 5.67. The van der Waals surface area contributed by atoms with E-state index in [2.05, 4.69) is 32.9 Å². The third-order valence-corrected chi connectivity index (χ3v) is 4.26. The first-order valence-electron chi connectivity index (χ1n) is 6.72. The van der Waals surface area contributed by atoms with E-state index in [0.29, 0.717) is 5.41 Å². The highest BCUT2D eigenvalue weighted by molar-refractivity contribution is 7.12. The predicted octanol–water partition coefficient (Wildman–Crippen LogP) is 4.52. The molecular weight excluding hydrogens is 244 g/mol. The molecule has 0 aliphatic carbocycles. The third-order valence-electron chi connectivity index (χ3n) is 3.11. The zero-order chi connectivity index (χ0) is 13.6. The topological polar surface area (TPSA) is 37.3 Å². The molecule has 0 fully saturated rings. The number of carboxylic acids is 1. The Labute approximate surface area is 114 Å². The Morgan fingerprint density at radius 1 is 1.33 bits per heavy atom. The van der Waals surface area contributed by atoms with Crippen molar-refractivity contribution in [3.8, 4) is 0 Å². The molecule has 1 aromatic rings. The molecule has 2 nitrogen and oxygen atoms in total. The molecule has 1 N–H and O–H groups in total. The van der Waals surface area contributed by atoms with Crippen LogP contribution in [-0.2, 0) is 17.6 Å². The zero-order valence-corrected chi connectivity index (χ0v) is 12.5. The summed E-state index contributed by atoms with van der Waals surface area (Å²) in [7, 11) is 0. The summed E-state index contributed by atoms with van der Waals surface area (Å²) in [5.41, 5.74) is 0.373. The molecular formula is C15H24O2S. The minimum absolute atomic E-state index is 0.272. The smallest absolute Gasteiger partial charge is 0.303 e. The maximum atomic E-state index is 10.5. The number of carboxylic acid groups (broad SMARTS) is 1. The van der Waals surface area contributed by atoms with Crippen molar-refractivity contribution in [1.29, 1.82) is 0 Å². The van der Waals surface area contributed by atoms with Crippen molar-refractivity contribution in [3.63, 3.8) is 0 Å². The molecule has 0 spiro atoms. The highest BCUT2D eigenvalue weighted by Gasteiger charge is 2.18. The van der Waals surface area contributed by atoms with Crippen LogP contribution in [0.1, 0.15) is 56.2 Å². The van der Waals surface area contributed by atoms with E-state index in [1.807, 2.05) is 11.3 Å². The van der Waals surface area contributed by atoms with Crippen LogP contribution in [0.15, 0.2) is 12.1 Å². The van der Waals surface area contributed by atoms with Gasteiger partial charge in [0.05, 0.1) is 0 Å². The first kappa shape index (κ1) is 15.2. The van der Waals surface area contributed by atoms with Crippen molar-refractivity contribution in [2.24, 2.45) is 5.41 Å². The summed E-state index contributed by atoms with van der Waals surface area (Å²) in [6, 6.07) is 4.36. The van der Waals surface area contributed by atoms with Gasteiger partial charge in [0.15, 0.2) is 0 Å². The van der Waals surface area contributed by atoms with Crippen LogP contribution >= 0.6 is 11.3 Å². The van der Waals surface area contributed by atoms with Gasteiger partial charge in [0.25, 0.3) is 0 Å². The minimum atomic E-state index is -0.698. The summed E-state index contributed by atoms with van der Waals surface area (Å²) >= 11 is 1.84. The molecule has 1 aromatic heterocycles. The van der Waals surface area contributed by atoms with Gasteiger partial charge in [-0.3, -0.25) is 4.79 Å². The number of thiophene rings is 1. The maximum Gasteiger partial charge on any atom is 0.303 e. The van der Waals surface area contributed by atoms with Crippen LogP contribution < -0.4 is 0 Å². The van der Waals surface area contributed by atoms with Gasteiger partial charge in [-0.05, 0) is 43.2 Å². The van der Waals surface area contributed by atoms with Crippen LogP contribution in [0.4, 0.5) is 0 Å². The molecule has 0 atom stereocenters. The molecule has 0 saturated carbocycles. The molecule has 0 aromatic carbocycles. The monoisotopic (exact) mass is 268 g/mol. The summed E-state index contributed by atoms with van der Waals surface area (Å²) in [6.07, 6.45) is 5.51. The molecule has 0 aliphatic rings. The SMILES string of the molecule is CCCC(C)(C)Cc1ccc(CCCC(=O)O)s1. The fourth-order valence-corrected chi connectivity index (χ4v) is 3.62. The number of hydrogen-bond donors (Lipinski definition) is 1. The first-order valence-corrected chi connectivity index (χ1v) is 7.54. The van der Waals surface area contributed by atoms with Gasteiger partial charge in [0.1, 0.15) is 0 Å². The molecule has 0 saturated heterocycles. The number of aryl methyl sites for hydroxylation is 1. The lowest BCUT2D eigenvalue weighted by molar-refractivity contribution is -0.137. The van der Waals surface area contributed by atoms with Crippen molar-refractivity contribution in [3.05, 3.63) is 21.9 Å². The van der Waals surface area contributed by atoms with Crippen molar-refractivity contribution in [1.82, 2.24) is 0 Å². The Hall–Kier alpha value is -0.830. The number of aliphatic carboxylic acids is 1. The van der Waals surface area contributed by atoms with Gasteiger partial charge in [0.2, 0.25) is 0 Å². The molecule has 0 radical (unpaired) electrons. The summed E-state index contributed by atoms with van der Waals surface area (Å²) in [5, 5.41) is 8.61. The van der Waals surface area contributed by atoms with Gasteiger partial charge in [-0.25, -0.2) is 0 Å². The Kier molecular flexibility index (Phi) is 5.86. The van der Waals surface area contributed by atoms with Gasteiger partial charge in [-0.15, -0.1) is 11.3 Å². The highest BCUT2D eigenvalue weighted by Crippen LogP contribution is 2.30. The van der Waals surface area contributed by atoms with E-state index >= 15 is 0 Å². The van der Waals surface area contributed by atoms with Gasteiger partial charge in [0, 0.05) is 16.2 Å². The van der Waals surface area contributed by atoms with Gasteiger partial charge in [-0.1, -0.05) is 27.2 Å². The molecule has 1 rings (SSSR count). The fraction of sp³-hybridized carbons (Fsp3) is 0.667. The Balaban J connectivity index is 2.45. The summed E-state index contributed by atoms with van der Waals surface area (Å²) in [6.45, 7) is 6.87. The number of carbonyl (C=O) groups is 1. The summed E-state index contributed by atoms with van der Waals surface area (Å²) in [5.74, 6) is -0.698. The van der Waals surface area contributed by atoms with Crippen molar-refractivity contribution in [2.45, 2.75) is 59.3 Å². The fourth-order valence-electron chi connectivity index (χ4n) is 2.30. The van der Waals surface area contributed by atoms with E-state index in [1.165, 1.54) is 22.6 Å². The molecule has 0 bridgehead atoms. The molecule has 0 amide bonds. The molecule has 1 heterocycles. The number of hydrogen-bond acceptors (Lipinski definition) is 2. The largest absolute Gasteiger partial charge is 0.481 e. The van der Waals surface area contributed by atoms with Crippen LogP contribution in [0.3, 0.4) is 0 Å². The van der Waals surface area contributed by atoms with Crippen molar-refractivity contribution < 1.29 is 9.90 Å². The highest BCUT2D eigenvalue weighted by atomic mass is 32.1. The van der Waals surface area contributed by atoms with E-state index in [9.17, 15) is 4.79 Å². The lowest BCUT2D eigenvalue weighted by Gasteiger charge is -2.22. The van der Waals surface area contributed by atoms with Gasteiger partial charge in [-0.2, -0.15) is 0 Å². The average molecular weight is 268 g/mol. The lowest BCUT2D eigenvalue weighted by atomic mass is 9.84. The van der Waals surface area contributed by atoms with E-state index in [-0.39, 0.29) is 6.42 Å². The summed E-state index contributed by atoms with van der Waals surface area (Å²) in [4.78, 5) is 13.2. The minimum Gasteiger partial charge on any atom is -0.481 e. The van der Waals surface area contributed by atoms with Crippen LogP contribution in [0.25, 0.3) is 0 Å². The standard InChI is InChI=1S/C15H24O2S/c1-4-10-15(2,3)11-13-9-8-12(18-13)6-5-7-14(16)17/h8-9H,4-7,10-11H2,1-3H3,(H,16,17). The van der Waals surface area contributed by atoms with E-state index in [1.54, 1.807) is 0 Å². The second kappa shape index (κ2) is 6.93. The Bertz CT molecular complexity index is 380.